The van der Waals surface area contributed by atoms with E-state index in [1.165, 1.54) is 6.92 Å². The van der Waals surface area contributed by atoms with E-state index in [2.05, 4.69) is 10.6 Å². The number of nitrogens with one attached hydrogen (secondary N) is 2. The molecule has 2 aliphatic rings. The summed E-state index contributed by atoms with van der Waals surface area (Å²) in [5.41, 5.74) is -0.900. The number of hydrogen-bond acceptors (Lipinski definition) is 4. The molecule has 1 aliphatic heterocycles. The number of piperidine rings is 1. The Morgan fingerprint density at radius 2 is 1.79 bits per heavy atom. The molecule has 3 amide bonds. The Hall–Kier alpha value is -2.12. The van der Waals surface area contributed by atoms with Gasteiger partial charge in [0.1, 0.15) is 6.04 Å². The van der Waals surface area contributed by atoms with Crippen molar-refractivity contribution >= 4 is 29.3 Å². The van der Waals surface area contributed by atoms with Crippen molar-refractivity contribution in [2.24, 2.45) is 17.3 Å². The van der Waals surface area contributed by atoms with E-state index in [4.69, 9.17) is 11.6 Å². The van der Waals surface area contributed by atoms with Gasteiger partial charge < -0.3 is 20.6 Å². The average molecular weight is 492 g/mol. The van der Waals surface area contributed by atoms with E-state index in [1.54, 1.807) is 17.0 Å². The predicted molar refractivity (Wildman–Crippen MR) is 132 cm³/mol. The maximum Gasteiger partial charge on any atom is 0.245 e. The van der Waals surface area contributed by atoms with Gasteiger partial charge in [0.25, 0.3) is 0 Å². The Balaban J connectivity index is 1.68. The highest BCUT2D eigenvalue weighted by atomic mass is 35.5. The van der Waals surface area contributed by atoms with E-state index < -0.39 is 17.1 Å². The number of carbonyl (C=O) groups is 3. The molecule has 8 heteroatoms. The van der Waals surface area contributed by atoms with Crippen LogP contribution in [0.3, 0.4) is 0 Å². The summed E-state index contributed by atoms with van der Waals surface area (Å²) in [4.78, 5) is 39.6. The Morgan fingerprint density at radius 3 is 2.35 bits per heavy atom. The molecule has 1 heterocycles. The monoisotopic (exact) mass is 491 g/mol. The Kier molecular flexibility index (Phi) is 7.98. The molecule has 7 nitrogen and oxygen atoms in total. The van der Waals surface area contributed by atoms with Crippen LogP contribution in [0.5, 0.6) is 0 Å². The van der Waals surface area contributed by atoms with Crippen LogP contribution in [-0.4, -0.2) is 52.9 Å². The summed E-state index contributed by atoms with van der Waals surface area (Å²) in [6, 6.07) is 6.60. The first-order valence-electron chi connectivity index (χ1n) is 12.2. The fraction of sp³-hybridized carbons (Fsp3) is 0.654. The fourth-order valence-electron chi connectivity index (χ4n) is 5.39. The van der Waals surface area contributed by atoms with Crippen molar-refractivity contribution < 1.29 is 19.5 Å². The molecule has 2 fully saturated rings. The summed E-state index contributed by atoms with van der Waals surface area (Å²) in [6.45, 7) is 10.0. The lowest BCUT2D eigenvalue weighted by Crippen LogP contribution is -2.60. The van der Waals surface area contributed by atoms with Gasteiger partial charge >= 0.3 is 0 Å². The largest absolute Gasteiger partial charge is 0.384 e. The number of carbonyl (C=O) groups excluding carboxylic acids is 3. The summed E-state index contributed by atoms with van der Waals surface area (Å²) in [5, 5.41) is 18.1. The number of rotatable bonds is 6. The zero-order chi connectivity index (χ0) is 25.3. The van der Waals surface area contributed by atoms with Gasteiger partial charge in [0.15, 0.2) is 0 Å². The summed E-state index contributed by atoms with van der Waals surface area (Å²) < 4.78 is 0. The SMILES string of the molecule is CC(=O)N[C@@H]1CC[C@H](C(=O)N[C@@H](C(=O)N2CC[C@](O)(c3ccc(Cl)cc3)C(C)(C)C2)C(C)C)C1. The number of hydrogen-bond donors (Lipinski definition) is 3. The van der Waals surface area contributed by atoms with Crippen LogP contribution in [0.15, 0.2) is 24.3 Å². The van der Waals surface area contributed by atoms with Crippen molar-refractivity contribution in [3.05, 3.63) is 34.9 Å². The molecular formula is C26H38ClN3O4. The number of aliphatic hydroxyl groups is 1. The molecule has 4 atom stereocenters. The van der Waals surface area contributed by atoms with E-state index in [0.717, 1.165) is 12.0 Å². The van der Waals surface area contributed by atoms with E-state index in [-0.39, 0.29) is 35.6 Å². The molecular weight excluding hydrogens is 454 g/mol. The standard InChI is InChI=1S/C26H38ClN3O4/c1-16(2)22(29-23(32)18-6-11-21(14-18)28-17(3)31)24(33)30-13-12-26(34,25(4,5)15-30)19-7-9-20(27)10-8-19/h7-10,16,18,21-22,34H,6,11-15H2,1-5H3,(H,28,31)(H,29,32)/t18-,21+,22+,26-/m0/s1. The second-order valence-electron chi connectivity index (χ2n) is 10.9. The summed E-state index contributed by atoms with van der Waals surface area (Å²) in [7, 11) is 0. The molecule has 0 spiro atoms. The van der Waals surface area contributed by atoms with Crippen LogP contribution >= 0.6 is 11.6 Å². The van der Waals surface area contributed by atoms with Gasteiger partial charge in [-0.25, -0.2) is 0 Å². The number of benzene rings is 1. The molecule has 0 unspecified atom stereocenters. The topological polar surface area (TPSA) is 98.7 Å². The average Bonchev–Trinajstić information content (AvgIpc) is 3.21. The summed E-state index contributed by atoms with van der Waals surface area (Å²) in [6.07, 6.45) is 2.45. The minimum atomic E-state index is -1.09. The van der Waals surface area contributed by atoms with Gasteiger partial charge in [0.05, 0.1) is 5.60 Å². The third-order valence-electron chi connectivity index (χ3n) is 7.52. The van der Waals surface area contributed by atoms with E-state index >= 15 is 0 Å². The number of amides is 3. The minimum Gasteiger partial charge on any atom is -0.384 e. The normalized spacial score (nSPS) is 27.4. The Bertz CT molecular complexity index is 917. The van der Waals surface area contributed by atoms with Crippen molar-refractivity contribution in [3.8, 4) is 0 Å². The van der Waals surface area contributed by atoms with Crippen molar-refractivity contribution in [3.63, 3.8) is 0 Å². The van der Waals surface area contributed by atoms with E-state index in [9.17, 15) is 19.5 Å². The first kappa shape index (κ1) is 26.5. The van der Waals surface area contributed by atoms with Crippen LogP contribution in [0.4, 0.5) is 0 Å². The van der Waals surface area contributed by atoms with Crippen molar-refractivity contribution in [1.29, 1.82) is 0 Å². The molecule has 1 aromatic carbocycles. The lowest BCUT2D eigenvalue weighted by Gasteiger charge is -2.51. The minimum absolute atomic E-state index is 0.00916. The quantitative estimate of drug-likeness (QED) is 0.569. The Labute approximate surface area is 207 Å². The van der Waals surface area contributed by atoms with Crippen molar-refractivity contribution in [2.75, 3.05) is 13.1 Å². The van der Waals surface area contributed by atoms with Crippen LogP contribution in [0, 0.1) is 17.3 Å². The molecule has 0 bridgehead atoms. The number of nitrogens with zero attached hydrogens (tertiary/aromatic N) is 1. The van der Waals surface area contributed by atoms with Gasteiger partial charge in [-0.1, -0.05) is 51.4 Å². The molecule has 0 radical (unpaired) electrons. The third-order valence-corrected chi connectivity index (χ3v) is 7.78. The third kappa shape index (κ3) is 5.57. The molecule has 3 N–H and O–H groups in total. The smallest absolute Gasteiger partial charge is 0.245 e. The van der Waals surface area contributed by atoms with Gasteiger partial charge in [-0.2, -0.15) is 0 Å². The van der Waals surface area contributed by atoms with Crippen LogP contribution in [0.2, 0.25) is 5.02 Å². The van der Waals surface area contributed by atoms with Crippen molar-refractivity contribution in [1.82, 2.24) is 15.5 Å². The summed E-state index contributed by atoms with van der Waals surface area (Å²) in [5.74, 6) is -0.629. The maximum atomic E-state index is 13.5. The lowest BCUT2D eigenvalue weighted by molar-refractivity contribution is -0.157. The first-order chi connectivity index (χ1) is 15.8. The molecule has 1 aliphatic carbocycles. The molecule has 1 saturated carbocycles. The maximum absolute atomic E-state index is 13.5. The van der Waals surface area contributed by atoms with Gasteiger partial charge in [-0.3, -0.25) is 14.4 Å². The fourth-order valence-corrected chi connectivity index (χ4v) is 5.52. The summed E-state index contributed by atoms with van der Waals surface area (Å²) >= 11 is 6.03. The second-order valence-corrected chi connectivity index (χ2v) is 11.3. The van der Waals surface area contributed by atoms with Crippen LogP contribution in [-0.2, 0) is 20.0 Å². The van der Waals surface area contributed by atoms with Gasteiger partial charge in [-0.15, -0.1) is 0 Å². The van der Waals surface area contributed by atoms with Gasteiger partial charge in [-0.05, 0) is 49.3 Å². The van der Waals surface area contributed by atoms with Crippen LogP contribution < -0.4 is 10.6 Å². The first-order valence-corrected chi connectivity index (χ1v) is 12.6. The molecule has 0 aromatic heterocycles. The molecule has 34 heavy (non-hydrogen) atoms. The number of halogens is 1. The highest BCUT2D eigenvalue weighted by Crippen LogP contribution is 2.46. The van der Waals surface area contributed by atoms with E-state index in [0.29, 0.717) is 37.4 Å². The van der Waals surface area contributed by atoms with Gasteiger partial charge in [0, 0.05) is 42.4 Å². The molecule has 1 aromatic rings. The zero-order valence-corrected chi connectivity index (χ0v) is 21.6. The predicted octanol–water partition coefficient (Wildman–Crippen LogP) is 3.23. The van der Waals surface area contributed by atoms with Crippen molar-refractivity contribution in [2.45, 2.75) is 78.0 Å². The molecule has 188 valence electrons. The second kappa shape index (κ2) is 10.2. The highest BCUT2D eigenvalue weighted by Gasteiger charge is 2.50. The zero-order valence-electron chi connectivity index (χ0n) is 20.9. The molecule has 3 rings (SSSR count). The molecule has 1 saturated heterocycles. The number of likely N-dealkylation sites (tertiary alicyclic amines) is 1. The van der Waals surface area contributed by atoms with E-state index in [1.807, 2.05) is 39.8 Å². The highest BCUT2D eigenvalue weighted by molar-refractivity contribution is 6.30. The van der Waals surface area contributed by atoms with Gasteiger partial charge in [0.2, 0.25) is 17.7 Å². The van der Waals surface area contributed by atoms with Crippen LogP contribution in [0.25, 0.3) is 0 Å². The lowest BCUT2D eigenvalue weighted by atomic mass is 9.66. The van der Waals surface area contributed by atoms with Crippen LogP contribution in [0.1, 0.15) is 65.9 Å². The Morgan fingerprint density at radius 1 is 1.15 bits per heavy atom.